The molecule has 4 nitrogen and oxygen atoms in total. The number of rotatable bonds is 5. The van der Waals surface area contributed by atoms with Gasteiger partial charge in [-0.15, -0.1) is 0 Å². The molecule has 4 atom stereocenters. The van der Waals surface area contributed by atoms with Gasteiger partial charge < -0.3 is 14.5 Å². The van der Waals surface area contributed by atoms with Crippen LogP contribution in [0.3, 0.4) is 0 Å². The second-order valence-corrected chi connectivity index (χ2v) is 8.07. The van der Waals surface area contributed by atoms with Crippen molar-refractivity contribution < 1.29 is 9.13 Å². The van der Waals surface area contributed by atoms with Crippen molar-refractivity contribution in [3.63, 3.8) is 0 Å². The zero-order valence-electron chi connectivity index (χ0n) is 14.7. The number of hydrogen-bond donors (Lipinski definition) is 0. The first kappa shape index (κ1) is 16.3. The van der Waals surface area contributed by atoms with E-state index in [-0.39, 0.29) is 5.82 Å². The Morgan fingerprint density at radius 1 is 1.25 bits per heavy atom. The van der Waals surface area contributed by atoms with Crippen LogP contribution in [0.4, 0.5) is 10.1 Å². The molecular formula is C19H28FN3O. The lowest BCUT2D eigenvalue weighted by atomic mass is 9.77. The van der Waals surface area contributed by atoms with Gasteiger partial charge in [0, 0.05) is 31.9 Å². The summed E-state index contributed by atoms with van der Waals surface area (Å²) in [6.07, 6.45) is 8.25. The molecule has 1 aromatic heterocycles. The predicted molar refractivity (Wildman–Crippen MR) is 92.6 cm³/mol. The van der Waals surface area contributed by atoms with Crippen molar-refractivity contribution >= 4 is 5.69 Å². The van der Waals surface area contributed by atoms with Crippen LogP contribution in [0, 0.1) is 23.6 Å². The number of halogens is 1. The molecule has 0 spiro atoms. The Kier molecular flexibility index (Phi) is 4.48. The molecule has 5 heteroatoms. The van der Waals surface area contributed by atoms with Gasteiger partial charge in [0.15, 0.2) is 5.82 Å². The van der Waals surface area contributed by atoms with Gasteiger partial charge in [-0.1, -0.05) is 0 Å². The molecule has 2 aliphatic carbocycles. The van der Waals surface area contributed by atoms with E-state index in [1.54, 1.807) is 12.3 Å². The summed E-state index contributed by atoms with van der Waals surface area (Å²) in [6.45, 7) is 2.81. The Bertz CT molecular complexity index is 577. The topological polar surface area (TPSA) is 28.6 Å². The van der Waals surface area contributed by atoms with Crippen molar-refractivity contribution in [1.29, 1.82) is 0 Å². The number of ether oxygens (including phenoxy) is 1. The number of hydrogen-bond acceptors (Lipinski definition) is 4. The molecule has 4 rings (SSSR count). The maximum Gasteiger partial charge on any atom is 0.164 e. The van der Waals surface area contributed by atoms with Gasteiger partial charge in [-0.2, -0.15) is 0 Å². The number of pyridine rings is 1. The van der Waals surface area contributed by atoms with Crippen LogP contribution in [0.5, 0.6) is 0 Å². The maximum absolute atomic E-state index is 14.1. The van der Waals surface area contributed by atoms with Crippen molar-refractivity contribution in [1.82, 2.24) is 9.88 Å². The van der Waals surface area contributed by atoms with Crippen LogP contribution >= 0.6 is 0 Å². The Morgan fingerprint density at radius 3 is 2.67 bits per heavy atom. The second-order valence-electron chi connectivity index (χ2n) is 8.07. The fraction of sp³-hybridized carbons (Fsp3) is 0.737. The molecule has 0 unspecified atom stereocenters. The zero-order chi connectivity index (χ0) is 16.7. The van der Waals surface area contributed by atoms with Gasteiger partial charge >= 0.3 is 0 Å². The molecular weight excluding hydrogens is 305 g/mol. The predicted octanol–water partition coefficient (Wildman–Crippen LogP) is 2.79. The summed E-state index contributed by atoms with van der Waals surface area (Å²) in [7, 11) is 4.32. The molecule has 1 saturated heterocycles. The molecule has 1 aliphatic heterocycles. The van der Waals surface area contributed by atoms with Crippen LogP contribution in [-0.2, 0) is 4.74 Å². The summed E-state index contributed by atoms with van der Waals surface area (Å²) < 4.78 is 20.4. The minimum Gasteiger partial charge on any atom is -0.376 e. The molecule has 0 bridgehead atoms. The number of aromatic nitrogens is 1. The van der Waals surface area contributed by atoms with Gasteiger partial charge in [-0.3, -0.25) is 4.98 Å². The zero-order valence-corrected chi connectivity index (χ0v) is 14.7. The van der Waals surface area contributed by atoms with Crippen LogP contribution in [0.25, 0.3) is 0 Å². The van der Waals surface area contributed by atoms with Gasteiger partial charge in [0.05, 0.1) is 18.0 Å². The molecule has 132 valence electrons. The average Bonchev–Trinajstić information content (AvgIpc) is 3.30. The first-order chi connectivity index (χ1) is 11.6. The van der Waals surface area contributed by atoms with E-state index in [1.807, 2.05) is 0 Å². The van der Waals surface area contributed by atoms with Gasteiger partial charge in [-0.05, 0) is 63.6 Å². The minimum absolute atomic E-state index is 0.207. The van der Waals surface area contributed by atoms with Gasteiger partial charge in [0.1, 0.15) is 0 Å². The van der Waals surface area contributed by atoms with Gasteiger partial charge in [0.2, 0.25) is 0 Å². The molecule has 3 fully saturated rings. The first-order valence-corrected chi connectivity index (χ1v) is 9.24. The molecule has 0 radical (unpaired) electrons. The summed E-state index contributed by atoms with van der Waals surface area (Å²) in [4.78, 5) is 8.41. The lowest BCUT2D eigenvalue weighted by molar-refractivity contribution is -0.0493. The van der Waals surface area contributed by atoms with E-state index in [1.165, 1.54) is 19.0 Å². The molecule has 3 aliphatic rings. The SMILES string of the molecule is CN(C)[C@@H]1C[C@@H]2CN(c3ccncc3F)C[C@@H]2C[C@H]1OCC1CC1. The third kappa shape index (κ3) is 3.29. The van der Waals surface area contributed by atoms with Crippen molar-refractivity contribution in [3.8, 4) is 0 Å². The first-order valence-electron chi connectivity index (χ1n) is 9.24. The molecule has 2 heterocycles. The highest BCUT2D eigenvalue weighted by Crippen LogP contribution is 2.41. The summed E-state index contributed by atoms with van der Waals surface area (Å²) in [6, 6.07) is 2.28. The van der Waals surface area contributed by atoms with E-state index in [0.717, 1.165) is 38.5 Å². The fourth-order valence-electron chi connectivity index (χ4n) is 4.48. The number of fused-ring (bicyclic) bond motifs is 1. The normalized spacial score (nSPS) is 33.1. The Balaban J connectivity index is 1.45. The minimum atomic E-state index is -0.207. The van der Waals surface area contributed by atoms with E-state index in [2.05, 4.69) is 28.9 Å². The van der Waals surface area contributed by atoms with Gasteiger partial charge in [-0.25, -0.2) is 4.39 Å². The van der Waals surface area contributed by atoms with Crippen LogP contribution in [0.1, 0.15) is 25.7 Å². The third-order valence-corrected chi connectivity index (χ3v) is 6.08. The van der Waals surface area contributed by atoms with E-state index in [4.69, 9.17) is 4.74 Å². The molecule has 0 amide bonds. The van der Waals surface area contributed by atoms with Crippen LogP contribution in [-0.4, -0.2) is 55.8 Å². The quantitative estimate of drug-likeness (QED) is 0.828. The Morgan fingerprint density at radius 2 is 2.00 bits per heavy atom. The largest absolute Gasteiger partial charge is 0.376 e. The summed E-state index contributed by atoms with van der Waals surface area (Å²) in [5.41, 5.74) is 0.705. The molecule has 1 aromatic rings. The van der Waals surface area contributed by atoms with Crippen molar-refractivity contribution in [2.75, 3.05) is 38.7 Å². The summed E-state index contributed by atoms with van der Waals surface area (Å²) in [5.74, 6) is 1.84. The highest BCUT2D eigenvalue weighted by Gasteiger charge is 2.44. The van der Waals surface area contributed by atoms with E-state index < -0.39 is 0 Å². The summed E-state index contributed by atoms with van der Waals surface area (Å²) in [5, 5.41) is 0. The summed E-state index contributed by atoms with van der Waals surface area (Å²) >= 11 is 0. The smallest absolute Gasteiger partial charge is 0.164 e. The number of anilines is 1. The van der Waals surface area contributed by atoms with E-state index >= 15 is 0 Å². The van der Waals surface area contributed by atoms with Gasteiger partial charge in [0.25, 0.3) is 0 Å². The lowest BCUT2D eigenvalue weighted by Crippen LogP contribution is -2.48. The highest BCUT2D eigenvalue weighted by molar-refractivity contribution is 5.47. The number of likely N-dealkylation sites (N-methyl/N-ethyl adjacent to an activating group) is 1. The average molecular weight is 333 g/mol. The van der Waals surface area contributed by atoms with Crippen molar-refractivity contribution in [2.24, 2.45) is 17.8 Å². The fourth-order valence-corrected chi connectivity index (χ4v) is 4.48. The van der Waals surface area contributed by atoms with E-state index in [0.29, 0.717) is 29.7 Å². The molecule has 0 N–H and O–H groups in total. The molecule has 0 aromatic carbocycles. The van der Waals surface area contributed by atoms with E-state index in [9.17, 15) is 4.39 Å². The van der Waals surface area contributed by atoms with Crippen LogP contribution in [0.2, 0.25) is 0 Å². The second kappa shape index (κ2) is 6.60. The Labute approximate surface area is 144 Å². The lowest BCUT2D eigenvalue weighted by Gasteiger charge is -2.41. The van der Waals surface area contributed by atoms with Crippen LogP contribution < -0.4 is 4.90 Å². The van der Waals surface area contributed by atoms with Crippen molar-refractivity contribution in [2.45, 2.75) is 37.8 Å². The highest BCUT2D eigenvalue weighted by atomic mass is 19.1. The monoisotopic (exact) mass is 333 g/mol. The molecule has 24 heavy (non-hydrogen) atoms. The number of nitrogens with zero attached hydrogens (tertiary/aromatic N) is 3. The Hall–Kier alpha value is -1.20. The third-order valence-electron chi connectivity index (χ3n) is 6.08. The van der Waals surface area contributed by atoms with Crippen molar-refractivity contribution in [3.05, 3.63) is 24.3 Å². The maximum atomic E-state index is 14.1. The standard InChI is InChI=1S/C19H28FN3O/c1-22(2)18-7-14-10-23(17-5-6-21-9-16(17)20)11-15(14)8-19(18)24-12-13-3-4-13/h5-6,9,13-15,18-19H,3-4,7-8,10-12H2,1-2H3/t14-,15+,18-,19-/m1/s1. The van der Waals surface area contributed by atoms with Crippen LogP contribution in [0.15, 0.2) is 18.5 Å². The molecule has 2 saturated carbocycles.